The van der Waals surface area contributed by atoms with Crippen LogP contribution in [0.4, 0.5) is 0 Å². The van der Waals surface area contributed by atoms with Crippen LogP contribution in [0.1, 0.15) is 11.6 Å². The Labute approximate surface area is 107 Å². The molecule has 0 spiro atoms. The van der Waals surface area contributed by atoms with Crippen LogP contribution in [0, 0.1) is 0 Å². The maximum Gasteiger partial charge on any atom is 0.233 e. The van der Waals surface area contributed by atoms with Gasteiger partial charge in [-0.25, -0.2) is 0 Å². The van der Waals surface area contributed by atoms with Crippen molar-refractivity contribution in [2.75, 3.05) is 27.2 Å². The van der Waals surface area contributed by atoms with Gasteiger partial charge in [0.25, 0.3) is 0 Å². The highest BCUT2D eigenvalue weighted by Gasteiger charge is 2.17. The van der Waals surface area contributed by atoms with E-state index in [0.717, 1.165) is 5.56 Å². The molecule has 1 aromatic carbocycles. The minimum absolute atomic E-state index is 0.00833. The predicted molar refractivity (Wildman–Crippen MR) is 69.9 cm³/mol. The molecule has 0 aromatic heterocycles. The Balaban J connectivity index is 2.80. The van der Waals surface area contributed by atoms with Crippen molar-refractivity contribution in [2.24, 2.45) is 5.73 Å². The van der Waals surface area contributed by atoms with Crippen molar-refractivity contribution in [3.63, 3.8) is 0 Å². The molecule has 1 amide bonds. The van der Waals surface area contributed by atoms with E-state index in [0.29, 0.717) is 18.1 Å². The predicted octanol–water partition coefficient (Wildman–Crippen LogP) is 1.02. The molecule has 1 atom stereocenters. The summed E-state index contributed by atoms with van der Waals surface area (Å²) in [7, 11) is 3.49. The van der Waals surface area contributed by atoms with Crippen LogP contribution in [-0.4, -0.2) is 38.0 Å². The third-order valence-electron chi connectivity index (χ3n) is 2.66. The average Bonchev–Trinajstić information content (AvgIpc) is 2.30. The number of hydrogen-bond acceptors (Lipinski definition) is 3. The molecule has 1 aromatic rings. The second kappa shape index (κ2) is 6.59. The molecule has 1 unspecified atom stereocenters. The maximum atomic E-state index is 11.3. The Morgan fingerprint density at radius 3 is 2.82 bits per heavy atom. The van der Waals surface area contributed by atoms with Crippen LogP contribution in [0.5, 0.6) is 0 Å². The summed E-state index contributed by atoms with van der Waals surface area (Å²) in [6, 6.07) is 7.53. The molecular weight excluding hydrogens is 238 g/mol. The van der Waals surface area contributed by atoms with E-state index in [-0.39, 0.29) is 11.9 Å². The van der Waals surface area contributed by atoms with Crippen molar-refractivity contribution < 1.29 is 4.79 Å². The van der Waals surface area contributed by atoms with Gasteiger partial charge in [0, 0.05) is 24.7 Å². The first-order valence-electron chi connectivity index (χ1n) is 5.44. The number of nitrogens with one attached hydrogen (secondary N) is 1. The van der Waals surface area contributed by atoms with E-state index in [2.05, 4.69) is 5.32 Å². The lowest BCUT2D eigenvalue weighted by Crippen LogP contribution is -2.38. The number of nitrogens with zero attached hydrogens (tertiary/aromatic N) is 1. The molecule has 0 radical (unpaired) electrons. The highest BCUT2D eigenvalue weighted by molar-refractivity contribution is 6.30. The molecule has 0 aliphatic heterocycles. The Hall–Kier alpha value is -1.10. The fourth-order valence-electron chi connectivity index (χ4n) is 1.70. The van der Waals surface area contributed by atoms with Gasteiger partial charge < -0.3 is 11.1 Å². The van der Waals surface area contributed by atoms with Gasteiger partial charge >= 0.3 is 0 Å². The van der Waals surface area contributed by atoms with E-state index in [1.54, 1.807) is 7.05 Å². The minimum atomic E-state index is -0.0343. The first-order valence-corrected chi connectivity index (χ1v) is 5.82. The topological polar surface area (TPSA) is 58.4 Å². The zero-order valence-corrected chi connectivity index (χ0v) is 10.9. The van der Waals surface area contributed by atoms with E-state index in [1.807, 2.05) is 36.2 Å². The normalized spacial score (nSPS) is 12.5. The molecule has 17 heavy (non-hydrogen) atoms. The van der Waals surface area contributed by atoms with Crippen molar-refractivity contribution in [1.82, 2.24) is 10.2 Å². The Morgan fingerprint density at radius 2 is 2.29 bits per heavy atom. The van der Waals surface area contributed by atoms with Crippen LogP contribution in [0.3, 0.4) is 0 Å². The molecule has 0 aliphatic rings. The fraction of sp³-hybridized carbons (Fsp3) is 0.417. The summed E-state index contributed by atoms with van der Waals surface area (Å²) in [6.07, 6.45) is 0. The fourth-order valence-corrected chi connectivity index (χ4v) is 1.90. The molecular formula is C12H18ClN3O. The van der Waals surface area contributed by atoms with Crippen LogP contribution in [0.25, 0.3) is 0 Å². The second-order valence-corrected chi connectivity index (χ2v) is 4.33. The molecule has 1 rings (SSSR count). The standard InChI is InChI=1S/C12H18ClN3O/c1-15-12(17)8-16(2)11(7-14)9-4-3-5-10(13)6-9/h3-6,11H,7-8,14H2,1-2H3,(H,15,17). The van der Waals surface area contributed by atoms with Crippen molar-refractivity contribution in [3.05, 3.63) is 34.9 Å². The quantitative estimate of drug-likeness (QED) is 0.826. The van der Waals surface area contributed by atoms with E-state index < -0.39 is 0 Å². The van der Waals surface area contributed by atoms with Gasteiger partial charge in [0.2, 0.25) is 5.91 Å². The summed E-state index contributed by atoms with van der Waals surface area (Å²) < 4.78 is 0. The zero-order chi connectivity index (χ0) is 12.8. The van der Waals surface area contributed by atoms with Crippen molar-refractivity contribution in [2.45, 2.75) is 6.04 Å². The highest BCUT2D eigenvalue weighted by Crippen LogP contribution is 2.21. The summed E-state index contributed by atoms with van der Waals surface area (Å²) in [5.41, 5.74) is 6.78. The molecule has 0 saturated carbocycles. The Morgan fingerprint density at radius 1 is 1.59 bits per heavy atom. The second-order valence-electron chi connectivity index (χ2n) is 3.89. The van der Waals surface area contributed by atoms with Crippen LogP contribution < -0.4 is 11.1 Å². The molecule has 3 N–H and O–H groups in total. The number of nitrogens with two attached hydrogens (primary N) is 1. The van der Waals surface area contributed by atoms with E-state index >= 15 is 0 Å². The van der Waals surface area contributed by atoms with Gasteiger partial charge in [0.1, 0.15) is 0 Å². The molecule has 0 heterocycles. The summed E-state index contributed by atoms with van der Waals surface area (Å²) in [4.78, 5) is 13.2. The largest absolute Gasteiger partial charge is 0.358 e. The third kappa shape index (κ3) is 4.00. The lowest BCUT2D eigenvalue weighted by atomic mass is 10.1. The van der Waals surface area contributed by atoms with Gasteiger partial charge in [0.05, 0.1) is 6.54 Å². The first kappa shape index (κ1) is 14.0. The number of hydrogen-bond donors (Lipinski definition) is 2. The lowest BCUT2D eigenvalue weighted by Gasteiger charge is -2.26. The number of benzene rings is 1. The number of likely N-dealkylation sites (N-methyl/N-ethyl adjacent to an activating group) is 2. The van der Waals surface area contributed by atoms with E-state index in [9.17, 15) is 4.79 Å². The Bertz CT molecular complexity index is 384. The van der Waals surface area contributed by atoms with Gasteiger partial charge in [0.15, 0.2) is 0 Å². The maximum absolute atomic E-state index is 11.3. The number of rotatable bonds is 5. The number of carbonyl (C=O) groups excluding carboxylic acids is 1. The van der Waals surface area contributed by atoms with Crippen molar-refractivity contribution >= 4 is 17.5 Å². The van der Waals surface area contributed by atoms with Gasteiger partial charge in [-0.05, 0) is 24.7 Å². The number of carbonyl (C=O) groups is 1. The molecule has 0 fully saturated rings. The van der Waals surface area contributed by atoms with Gasteiger partial charge in [-0.1, -0.05) is 23.7 Å². The van der Waals surface area contributed by atoms with Gasteiger partial charge in [-0.15, -0.1) is 0 Å². The monoisotopic (exact) mass is 255 g/mol. The molecule has 0 saturated heterocycles. The average molecular weight is 256 g/mol. The van der Waals surface area contributed by atoms with Crippen molar-refractivity contribution in [1.29, 1.82) is 0 Å². The van der Waals surface area contributed by atoms with Crippen LogP contribution in [0.2, 0.25) is 5.02 Å². The van der Waals surface area contributed by atoms with Gasteiger partial charge in [-0.2, -0.15) is 0 Å². The molecule has 0 aliphatic carbocycles. The lowest BCUT2D eigenvalue weighted by molar-refractivity contribution is -0.121. The highest BCUT2D eigenvalue weighted by atomic mass is 35.5. The van der Waals surface area contributed by atoms with Crippen LogP contribution in [-0.2, 0) is 4.79 Å². The summed E-state index contributed by atoms with van der Waals surface area (Å²) in [6.45, 7) is 0.749. The molecule has 4 nitrogen and oxygen atoms in total. The summed E-state index contributed by atoms with van der Waals surface area (Å²) in [5.74, 6) is -0.0343. The molecule has 94 valence electrons. The number of halogens is 1. The third-order valence-corrected chi connectivity index (χ3v) is 2.90. The van der Waals surface area contributed by atoms with Crippen LogP contribution >= 0.6 is 11.6 Å². The first-order chi connectivity index (χ1) is 8.08. The van der Waals surface area contributed by atoms with Gasteiger partial charge in [-0.3, -0.25) is 9.69 Å². The summed E-state index contributed by atoms with van der Waals surface area (Å²) >= 11 is 5.94. The van der Waals surface area contributed by atoms with Crippen LogP contribution in [0.15, 0.2) is 24.3 Å². The number of amides is 1. The SMILES string of the molecule is CNC(=O)CN(C)C(CN)c1cccc(Cl)c1. The Kier molecular flexibility index (Phi) is 5.41. The van der Waals surface area contributed by atoms with Crippen molar-refractivity contribution in [3.8, 4) is 0 Å². The minimum Gasteiger partial charge on any atom is -0.358 e. The zero-order valence-electron chi connectivity index (χ0n) is 10.1. The van der Waals surface area contributed by atoms with E-state index in [4.69, 9.17) is 17.3 Å². The smallest absolute Gasteiger partial charge is 0.233 e. The molecule has 0 bridgehead atoms. The molecule has 5 heteroatoms. The summed E-state index contributed by atoms with van der Waals surface area (Å²) in [5, 5.41) is 3.27. The van der Waals surface area contributed by atoms with E-state index in [1.165, 1.54) is 0 Å².